The molecular weight excluding hydrogens is 738 g/mol. The molecule has 2 N–H and O–H groups in total. The van der Waals surface area contributed by atoms with E-state index in [1.807, 2.05) is 19.9 Å². The third-order valence-corrected chi connectivity index (χ3v) is 12.3. The number of esters is 1. The van der Waals surface area contributed by atoms with Crippen molar-refractivity contribution in [2.45, 2.75) is 121 Å². The van der Waals surface area contributed by atoms with E-state index in [-0.39, 0.29) is 30.2 Å². The number of fused-ring (bicyclic) bond motifs is 5. The predicted octanol–water partition coefficient (Wildman–Crippen LogP) is 5.44. The van der Waals surface area contributed by atoms with Gasteiger partial charge < -0.3 is 38.6 Å². The lowest BCUT2D eigenvalue weighted by Crippen LogP contribution is -2.63. The largest absolute Gasteiger partial charge is 0.495 e. The number of benzene rings is 1. The van der Waals surface area contributed by atoms with Gasteiger partial charge in [0.15, 0.2) is 5.72 Å². The fraction of sp³-hybridized carbons (Fsp3) is 0.641. The van der Waals surface area contributed by atoms with Gasteiger partial charge in [0.1, 0.15) is 40.7 Å². The van der Waals surface area contributed by atoms with E-state index in [1.165, 1.54) is 24.0 Å². The first-order valence-electron chi connectivity index (χ1n) is 18.3. The number of ether oxygens (including phenoxy) is 5. The average Bonchev–Trinajstić information content (AvgIpc) is 3.82. The molecule has 0 aromatic heterocycles. The molecule has 3 heterocycles. The first-order chi connectivity index (χ1) is 25.4. The summed E-state index contributed by atoms with van der Waals surface area (Å²) >= 11 is 8.54. The number of epoxide rings is 1. The number of carbonyl (C=O) groups is 4. The van der Waals surface area contributed by atoms with Crippen LogP contribution in [0.15, 0.2) is 35.9 Å². The molecule has 4 rings (SSSR count). The van der Waals surface area contributed by atoms with Crippen molar-refractivity contribution in [2.24, 2.45) is 5.92 Å². The quantitative estimate of drug-likeness (QED) is 0.230. The van der Waals surface area contributed by atoms with E-state index in [1.54, 1.807) is 64.0 Å². The Kier molecular flexibility index (Phi) is 14.6. The standard InChI is InChI=1S/C39H56ClN3O10S/c1-11-54-23(3)15-16-32(44)42(7)25(5)36(46)52-31-20-33(45)43(8)27-18-26(19-28(49-9)34(27)40)17-22(2)13-12-14-30(50-10)39(48)21-29(51-37(47)41-39)24(4)35-38(31,6)53-35/h12-14,18-19,23-25,29-31,35,48H,11,15-17,20-21H2,1-10H3,(H,41,47)/b14-12+,22-13+/t23?,24-,25+,29+,30-,31+,35+,38+,39+/m1/s1. The number of amides is 3. The zero-order valence-corrected chi connectivity index (χ0v) is 34.5. The molecule has 1 aromatic carbocycles. The smallest absolute Gasteiger partial charge is 0.409 e. The number of anilines is 1. The minimum Gasteiger partial charge on any atom is -0.495 e. The molecule has 0 spiro atoms. The number of likely N-dealkylation sites (N-methyl/N-ethyl adjacent to an activating group) is 1. The highest BCUT2D eigenvalue weighted by molar-refractivity contribution is 7.99. The second kappa shape index (κ2) is 18.1. The molecule has 2 saturated heterocycles. The summed E-state index contributed by atoms with van der Waals surface area (Å²) in [5.41, 5.74) is -0.883. The number of allylic oxidation sites excluding steroid dienone is 3. The summed E-state index contributed by atoms with van der Waals surface area (Å²) in [5.74, 6) is -0.524. The number of aliphatic hydroxyl groups is 1. The Morgan fingerprint density at radius 3 is 2.59 bits per heavy atom. The first kappa shape index (κ1) is 43.4. The van der Waals surface area contributed by atoms with Crippen LogP contribution in [0, 0.1) is 5.92 Å². The van der Waals surface area contributed by atoms with Gasteiger partial charge in [-0.05, 0) is 57.1 Å². The highest BCUT2D eigenvalue weighted by atomic mass is 35.5. The molecule has 0 aliphatic carbocycles. The molecule has 0 saturated carbocycles. The van der Waals surface area contributed by atoms with E-state index in [0.717, 1.165) is 16.9 Å². The number of hydrogen-bond donors (Lipinski definition) is 2. The first-order valence-corrected chi connectivity index (χ1v) is 19.8. The van der Waals surface area contributed by atoms with Crippen LogP contribution in [0.1, 0.15) is 72.8 Å². The SMILES string of the molecule is CCSC(C)CCC(=O)N(C)[C@@H](C)C(=O)O[C@H]1CC(=O)N(C)c2cc(cc(OC)c2Cl)C/C(C)=C/C=C/[C@@H](OC)[C@@]2(O)C[C@H](OC(=O)N2)[C@@H](C)[C@@H]2O[C@@]12C. The Morgan fingerprint density at radius 1 is 1.24 bits per heavy atom. The van der Waals surface area contributed by atoms with Crippen molar-refractivity contribution in [3.63, 3.8) is 0 Å². The molecule has 2 fully saturated rings. The number of nitrogens with one attached hydrogen (secondary N) is 1. The third-order valence-electron chi connectivity index (χ3n) is 10.7. The predicted molar refractivity (Wildman–Crippen MR) is 208 cm³/mol. The molecule has 3 aliphatic heterocycles. The number of halogens is 1. The van der Waals surface area contributed by atoms with Crippen LogP contribution in [0.5, 0.6) is 5.75 Å². The maximum absolute atomic E-state index is 14.2. The van der Waals surface area contributed by atoms with Gasteiger partial charge >= 0.3 is 12.1 Å². The second-order valence-electron chi connectivity index (χ2n) is 14.7. The average molecular weight is 794 g/mol. The van der Waals surface area contributed by atoms with Crippen LogP contribution in [0.3, 0.4) is 0 Å². The molecule has 3 amide bonds. The van der Waals surface area contributed by atoms with E-state index in [2.05, 4.69) is 19.2 Å². The van der Waals surface area contributed by atoms with Gasteiger partial charge in [0.2, 0.25) is 11.8 Å². The number of carbonyl (C=O) groups excluding carboxylic acids is 4. The summed E-state index contributed by atoms with van der Waals surface area (Å²) < 4.78 is 29.3. The lowest BCUT2D eigenvalue weighted by Gasteiger charge is -2.42. The van der Waals surface area contributed by atoms with Crippen molar-refractivity contribution < 1.29 is 48.0 Å². The van der Waals surface area contributed by atoms with Crippen LogP contribution in [0.25, 0.3) is 0 Å². The molecule has 4 bridgehead atoms. The van der Waals surface area contributed by atoms with Crippen LogP contribution in [-0.2, 0) is 39.8 Å². The Balaban J connectivity index is 1.72. The summed E-state index contributed by atoms with van der Waals surface area (Å²) in [5, 5.41) is 14.8. The summed E-state index contributed by atoms with van der Waals surface area (Å²) in [6.45, 7) is 11.2. The van der Waals surface area contributed by atoms with Crippen molar-refractivity contribution in [3.8, 4) is 5.75 Å². The zero-order chi connectivity index (χ0) is 40.1. The molecule has 1 unspecified atom stereocenters. The lowest BCUT2D eigenvalue weighted by atomic mass is 9.83. The van der Waals surface area contributed by atoms with Gasteiger partial charge in [0.05, 0.1) is 25.3 Å². The molecule has 0 radical (unpaired) electrons. The number of methoxy groups -OCH3 is 2. The molecule has 300 valence electrons. The van der Waals surface area contributed by atoms with Gasteiger partial charge in [-0.2, -0.15) is 11.8 Å². The van der Waals surface area contributed by atoms with Crippen LogP contribution >= 0.6 is 23.4 Å². The van der Waals surface area contributed by atoms with Crippen LogP contribution in [0.2, 0.25) is 5.02 Å². The molecule has 15 heteroatoms. The van der Waals surface area contributed by atoms with Gasteiger partial charge in [-0.1, -0.05) is 56.2 Å². The lowest BCUT2D eigenvalue weighted by molar-refractivity contribution is -0.162. The second-order valence-corrected chi connectivity index (χ2v) is 16.8. The van der Waals surface area contributed by atoms with Crippen molar-refractivity contribution in [1.29, 1.82) is 0 Å². The fourth-order valence-electron chi connectivity index (χ4n) is 7.09. The summed E-state index contributed by atoms with van der Waals surface area (Å²) in [7, 11) is 6.08. The maximum Gasteiger partial charge on any atom is 0.409 e. The van der Waals surface area contributed by atoms with Crippen molar-refractivity contribution in [2.75, 3.05) is 39.0 Å². The molecule has 54 heavy (non-hydrogen) atoms. The number of hydrogen-bond acceptors (Lipinski definition) is 11. The fourth-order valence-corrected chi connectivity index (χ4v) is 8.26. The topological polar surface area (TPSA) is 156 Å². The van der Waals surface area contributed by atoms with Crippen LogP contribution in [0.4, 0.5) is 10.5 Å². The van der Waals surface area contributed by atoms with E-state index in [9.17, 15) is 24.3 Å². The normalized spacial score (nSPS) is 31.4. The molecule has 3 aliphatic rings. The molecule has 1 aromatic rings. The van der Waals surface area contributed by atoms with E-state index in [4.69, 9.17) is 35.3 Å². The number of rotatable bonds is 10. The molecule has 13 nitrogen and oxygen atoms in total. The van der Waals surface area contributed by atoms with Gasteiger partial charge in [-0.25, -0.2) is 9.59 Å². The van der Waals surface area contributed by atoms with Crippen molar-refractivity contribution in [3.05, 3.63) is 46.5 Å². The zero-order valence-electron chi connectivity index (χ0n) is 33.0. The molecular formula is C39H56ClN3O10S. The molecule has 9 atom stereocenters. The Morgan fingerprint density at radius 2 is 1.94 bits per heavy atom. The Labute approximate surface area is 328 Å². The van der Waals surface area contributed by atoms with Gasteiger partial charge in [-0.3, -0.25) is 14.9 Å². The van der Waals surface area contributed by atoms with Gasteiger partial charge in [0.25, 0.3) is 0 Å². The van der Waals surface area contributed by atoms with Gasteiger partial charge in [0, 0.05) is 45.2 Å². The maximum atomic E-state index is 14.2. The summed E-state index contributed by atoms with van der Waals surface area (Å²) in [6, 6.07) is 2.64. The number of alkyl carbamates (subject to hydrolysis) is 1. The van der Waals surface area contributed by atoms with E-state index >= 15 is 0 Å². The Bertz CT molecular complexity index is 1620. The van der Waals surface area contributed by atoms with Crippen molar-refractivity contribution >= 4 is 52.9 Å². The minimum absolute atomic E-state index is 0.0447. The highest BCUT2D eigenvalue weighted by Crippen LogP contribution is 2.49. The highest BCUT2D eigenvalue weighted by Gasteiger charge is 2.64. The van der Waals surface area contributed by atoms with Crippen LogP contribution in [-0.4, -0.2) is 115 Å². The van der Waals surface area contributed by atoms with Gasteiger partial charge in [-0.15, -0.1) is 0 Å². The Hall–Kier alpha value is -3.30. The van der Waals surface area contributed by atoms with E-state index < -0.39 is 65.7 Å². The van der Waals surface area contributed by atoms with E-state index in [0.29, 0.717) is 29.5 Å². The third kappa shape index (κ3) is 9.92. The number of nitrogens with zero attached hydrogens (tertiary/aromatic N) is 2. The van der Waals surface area contributed by atoms with Crippen LogP contribution < -0.4 is 15.0 Å². The van der Waals surface area contributed by atoms with Crippen molar-refractivity contribution in [1.82, 2.24) is 10.2 Å². The summed E-state index contributed by atoms with van der Waals surface area (Å²) in [4.78, 5) is 56.7. The monoisotopic (exact) mass is 793 g/mol. The summed E-state index contributed by atoms with van der Waals surface area (Å²) in [6.07, 6.45) is 1.95. The number of thioether (sulfide) groups is 1. The minimum atomic E-state index is -1.82.